The minimum atomic E-state index is -0.780. The summed E-state index contributed by atoms with van der Waals surface area (Å²) in [6.45, 7) is 1.56. The normalized spacial score (nSPS) is 13.0. The molecule has 0 saturated carbocycles. The van der Waals surface area contributed by atoms with Crippen LogP contribution < -0.4 is 5.43 Å². The lowest BCUT2D eigenvalue weighted by molar-refractivity contribution is 0.198. The Bertz CT molecular complexity index is 560. The van der Waals surface area contributed by atoms with Crippen molar-refractivity contribution in [3.05, 3.63) is 45.2 Å². The molecule has 4 heteroatoms. The molecule has 1 heterocycles. The molecule has 78 valence electrons. The van der Waals surface area contributed by atoms with Gasteiger partial charge in [-0.25, -0.2) is 0 Å². The van der Waals surface area contributed by atoms with E-state index in [1.54, 1.807) is 25.1 Å². The van der Waals surface area contributed by atoms with Crippen molar-refractivity contribution >= 4 is 22.5 Å². The zero-order valence-corrected chi connectivity index (χ0v) is 8.88. The Kier molecular flexibility index (Phi) is 2.50. The fourth-order valence-corrected chi connectivity index (χ4v) is 1.69. The molecule has 3 nitrogen and oxygen atoms in total. The number of pyridine rings is 1. The van der Waals surface area contributed by atoms with E-state index in [-0.39, 0.29) is 5.43 Å². The Morgan fingerprint density at radius 2 is 2.20 bits per heavy atom. The third-order valence-corrected chi connectivity index (χ3v) is 2.56. The first-order chi connectivity index (χ1) is 7.09. The lowest BCUT2D eigenvalue weighted by atomic mass is 10.1. The van der Waals surface area contributed by atoms with E-state index in [1.807, 2.05) is 0 Å². The Balaban J connectivity index is 2.83. The monoisotopic (exact) mass is 223 g/mol. The highest BCUT2D eigenvalue weighted by atomic mass is 35.5. The van der Waals surface area contributed by atoms with Crippen molar-refractivity contribution in [3.63, 3.8) is 0 Å². The smallest absolute Gasteiger partial charge is 0.195 e. The zero-order chi connectivity index (χ0) is 11.0. The van der Waals surface area contributed by atoms with Gasteiger partial charge in [-0.3, -0.25) is 4.79 Å². The van der Waals surface area contributed by atoms with Crippen LogP contribution in [0.25, 0.3) is 10.9 Å². The third kappa shape index (κ3) is 1.76. The molecule has 0 radical (unpaired) electrons. The highest BCUT2D eigenvalue weighted by Gasteiger charge is 2.09. The number of rotatable bonds is 1. The second-order valence-corrected chi connectivity index (χ2v) is 3.88. The molecule has 0 spiro atoms. The van der Waals surface area contributed by atoms with Gasteiger partial charge in [-0.15, -0.1) is 0 Å². The topological polar surface area (TPSA) is 53.1 Å². The number of aliphatic hydroxyl groups is 1. The van der Waals surface area contributed by atoms with Crippen LogP contribution in [0.2, 0.25) is 5.02 Å². The van der Waals surface area contributed by atoms with Gasteiger partial charge in [-0.05, 0) is 25.1 Å². The molecule has 1 aromatic heterocycles. The number of fused-ring (bicyclic) bond motifs is 1. The first-order valence-electron chi connectivity index (χ1n) is 4.58. The number of hydrogen-bond acceptors (Lipinski definition) is 2. The van der Waals surface area contributed by atoms with E-state index in [0.717, 1.165) is 0 Å². The molecule has 0 saturated heterocycles. The molecule has 0 aliphatic rings. The molecule has 0 aliphatic heterocycles. The van der Waals surface area contributed by atoms with Gasteiger partial charge >= 0.3 is 0 Å². The van der Waals surface area contributed by atoms with Crippen LogP contribution in [-0.4, -0.2) is 10.1 Å². The van der Waals surface area contributed by atoms with Crippen molar-refractivity contribution in [3.8, 4) is 0 Å². The Labute approximate surface area is 91.3 Å². The van der Waals surface area contributed by atoms with Crippen molar-refractivity contribution in [1.29, 1.82) is 0 Å². The predicted octanol–water partition coefficient (Wildman–Crippen LogP) is 2.23. The molecular weight excluding hydrogens is 214 g/mol. The summed E-state index contributed by atoms with van der Waals surface area (Å²) in [5, 5.41) is 10.4. The highest BCUT2D eigenvalue weighted by molar-refractivity contribution is 6.31. The maximum absolute atomic E-state index is 11.9. The van der Waals surface area contributed by atoms with Crippen LogP contribution in [0, 0.1) is 0 Å². The molecule has 2 aromatic rings. The molecular formula is C11H10ClNO2. The van der Waals surface area contributed by atoms with Crippen LogP contribution in [0.3, 0.4) is 0 Å². The quantitative estimate of drug-likeness (QED) is 0.779. The summed E-state index contributed by atoms with van der Waals surface area (Å²) in [7, 11) is 0. The van der Waals surface area contributed by atoms with Gasteiger partial charge in [0.05, 0.1) is 6.10 Å². The number of hydrogen-bond donors (Lipinski definition) is 2. The summed E-state index contributed by atoms with van der Waals surface area (Å²) >= 11 is 5.81. The molecule has 0 amide bonds. The molecule has 1 aromatic carbocycles. The maximum Gasteiger partial charge on any atom is 0.195 e. The van der Waals surface area contributed by atoms with E-state index in [9.17, 15) is 9.90 Å². The number of halogens is 1. The number of nitrogens with one attached hydrogen (secondary N) is 1. The molecule has 0 unspecified atom stereocenters. The van der Waals surface area contributed by atoms with E-state index in [0.29, 0.717) is 21.5 Å². The van der Waals surface area contributed by atoms with Gasteiger partial charge in [0.1, 0.15) is 0 Å². The van der Waals surface area contributed by atoms with Gasteiger partial charge in [0.2, 0.25) is 0 Å². The number of aromatic amines is 1. The first-order valence-corrected chi connectivity index (χ1v) is 4.96. The summed E-state index contributed by atoms with van der Waals surface area (Å²) in [5.41, 5.74) is 0.889. The maximum atomic E-state index is 11.9. The first kappa shape index (κ1) is 10.2. The van der Waals surface area contributed by atoms with E-state index in [4.69, 9.17) is 11.6 Å². The van der Waals surface area contributed by atoms with Gasteiger partial charge < -0.3 is 10.1 Å². The van der Waals surface area contributed by atoms with Crippen molar-refractivity contribution in [1.82, 2.24) is 4.98 Å². The van der Waals surface area contributed by atoms with Gasteiger partial charge in [0, 0.05) is 27.7 Å². The Morgan fingerprint density at radius 1 is 1.47 bits per heavy atom. The van der Waals surface area contributed by atoms with Crippen LogP contribution in [0.1, 0.15) is 18.6 Å². The minimum absolute atomic E-state index is 0.179. The Hall–Kier alpha value is -1.32. The molecule has 0 aliphatic carbocycles. The third-order valence-electron chi connectivity index (χ3n) is 2.32. The van der Waals surface area contributed by atoms with Gasteiger partial charge in [-0.2, -0.15) is 0 Å². The fourth-order valence-electron chi connectivity index (χ4n) is 1.52. The molecule has 15 heavy (non-hydrogen) atoms. The van der Waals surface area contributed by atoms with Crippen molar-refractivity contribution in [2.75, 3.05) is 0 Å². The predicted molar refractivity (Wildman–Crippen MR) is 60.2 cm³/mol. The van der Waals surface area contributed by atoms with Crippen molar-refractivity contribution in [2.24, 2.45) is 0 Å². The van der Waals surface area contributed by atoms with E-state index in [1.165, 1.54) is 6.20 Å². The lowest BCUT2D eigenvalue weighted by Crippen LogP contribution is -2.12. The van der Waals surface area contributed by atoms with E-state index < -0.39 is 6.10 Å². The summed E-state index contributed by atoms with van der Waals surface area (Å²) < 4.78 is 0. The van der Waals surface area contributed by atoms with Crippen molar-refractivity contribution in [2.45, 2.75) is 13.0 Å². The zero-order valence-electron chi connectivity index (χ0n) is 8.12. The second-order valence-electron chi connectivity index (χ2n) is 3.44. The van der Waals surface area contributed by atoms with Crippen LogP contribution >= 0.6 is 11.6 Å². The molecule has 0 fully saturated rings. The van der Waals surface area contributed by atoms with Crippen LogP contribution in [0.5, 0.6) is 0 Å². The Morgan fingerprint density at radius 3 is 2.87 bits per heavy atom. The second kappa shape index (κ2) is 3.68. The number of benzene rings is 1. The molecule has 0 bridgehead atoms. The largest absolute Gasteiger partial charge is 0.389 e. The standard InChI is InChI=1S/C11H10ClNO2/c1-6(14)9-5-13-10-3-2-7(12)4-8(10)11(9)15/h2-6,14H,1H3,(H,13,15)/t6-/m1/s1. The summed E-state index contributed by atoms with van der Waals surface area (Å²) in [5.74, 6) is 0. The van der Waals surface area contributed by atoms with Crippen molar-refractivity contribution < 1.29 is 5.11 Å². The number of H-pyrrole nitrogens is 1. The number of aliphatic hydroxyl groups excluding tert-OH is 1. The van der Waals surface area contributed by atoms with Gasteiger partial charge in [0.25, 0.3) is 0 Å². The van der Waals surface area contributed by atoms with Gasteiger partial charge in [-0.1, -0.05) is 11.6 Å². The average molecular weight is 224 g/mol. The lowest BCUT2D eigenvalue weighted by Gasteiger charge is -2.05. The average Bonchev–Trinajstić information content (AvgIpc) is 2.19. The van der Waals surface area contributed by atoms with Gasteiger partial charge in [0.15, 0.2) is 5.43 Å². The van der Waals surface area contributed by atoms with Crippen LogP contribution in [0.4, 0.5) is 0 Å². The summed E-state index contributed by atoms with van der Waals surface area (Å²) in [6, 6.07) is 5.05. The van der Waals surface area contributed by atoms with Crippen LogP contribution in [0.15, 0.2) is 29.2 Å². The molecule has 2 rings (SSSR count). The molecule has 2 N–H and O–H groups in total. The fraction of sp³-hybridized carbons (Fsp3) is 0.182. The SMILES string of the molecule is C[C@@H](O)c1c[nH]c2ccc(Cl)cc2c1=O. The summed E-state index contributed by atoms with van der Waals surface area (Å²) in [4.78, 5) is 14.8. The van der Waals surface area contributed by atoms with Crippen LogP contribution in [-0.2, 0) is 0 Å². The summed E-state index contributed by atoms with van der Waals surface area (Å²) in [6.07, 6.45) is 0.751. The highest BCUT2D eigenvalue weighted by Crippen LogP contribution is 2.16. The minimum Gasteiger partial charge on any atom is -0.389 e. The van der Waals surface area contributed by atoms with E-state index in [2.05, 4.69) is 4.98 Å². The van der Waals surface area contributed by atoms with E-state index >= 15 is 0 Å². The molecule has 1 atom stereocenters. The number of aromatic nitrogens is 1.